The number of H-pyrrole nitrogens is 1. The summed E-state index contributed by atoms with van der Waals surface area (Å²) < 4.78 is 16.2. The molecule has 4 rings (SSSR count). The maximum atomic E-state index is 12.7. The van der Waals surface area contributed by atoms with Crippen molar-refractivity contribution in [1.29, 1.82) is 0 Å². The van der Waals surface area contributed by atoms with Gasteiger partial charge in [0.2, 0.25) is 17.0 Å². The molecular weight excluding hydrogens is 432 g/mol. The van der Waals surface area contributed by atoms with Crippen LogP contribution in [0, 0.1) is 6.92 Å². The van der Waals surface area contributed by atoms with Crippen molar-refractivity contribution in [3.8, 4) is 11.5 Å². The van der Waals surface area contributed by atoms with Crippen molar-refractivity contribution in [1.82, 2.24) is 20.1 Å². The van der Waals surface area contributed by atoms with Gasteiger partial charge in [0, 0.05) is 13.1 Å². The van der Waals surface area contributed by atoms with E-state index in [1.54, 1.807) is 20.4 Å². The standard InChI is InChI=1S/C21H24N6O4S/c1-13-4-5-16(31-13)10-22-24-20-23-21(26-25-20)32-12-19(28)27-7-6-14-8-17(29-2)18(30-3)9-15(14)11-27/h4-5,8-10H,6-7,11-12H2,1-3H3,(H2,23,24,25,26)/b22-10-. The first-order valence-electron chi connectivity index (χ1n) is 9.98. The van der Waals surface area contributed by atoms with Gasteiger partial charge in [-0.05, 0) is 48.7 Å². The normalized spacial score (nSPS) is 13.3. The molecule has 1 aliphatic rings. The monoisotopic (exact) mass is 456 g/mol. The Kier molecular flexibility index (Phi) is 6.64. The van der Waals surface area contributed by atoms with Crippen LogP contribution in [0.25, 0.3) is 0 Å². The SMILES string of the molecule is COc1cc2c(cc1OC)CN(C(=O)CSc1n[nH]c(N/N=C\c3ccc(C)o3)n1)CC2. The predicted octanol–water partition coefficient (Wildman–Crippen LogP) is 2.85. The summed E-state index contributed by atoms with van der Waals surface area (Å²) >= 11 is 1.27. The van der Waals surface area contributed by atoms with Gasteiger partial charge in [-0.2, -0.15) is 10.1 Å². The Labute approximate surface area is 189 Å². The van der Waals surface area contributed by atoms with Gasteiger partial charge in [0.05, 0.1) is 26.2 Å². The number of aromatic amines is 1. The van der Waals surface area contributed by atoms with Crippen LogP contribution in [0.15, 0.2) is 38.9 Å². The Balaban J connectivity index is 1.29. The van der Waals surface area contributed by atoms with Crippen molar-refractivity contribution >= 4 is 29.8 Å². The van der Waals surface area contributed by atoms with Crippen LogP contribution in [-0.4, -0.2) is 58.7 Å². The highest BCUT2D eigenvalue weighted by atomic mass is 32.2. The van der Waals surface area contributed by atoms with Gasteiger partial charge < -0.3 is 18.8 Å². The first kappa shape index (κ1) is 21.8. The molecule has 0 spiro atoms. The zero-order chi connectivity index (χ0) is 22.5. The minimum atomic E-state index is 0.0287. The number of hydrazone groups is 1. The van der Waals surface area contributed by atoms with Gasteiger partial charge >= 0.3 is 0 Å². The number of amides is 1. The van der Waals surface area contributed by atoms with Crippen LogP contribution >= 0.6 is 11.8 Å². The molecule has 3 aromatic rings. The molecule has 0 saturated carbocycles. The van der Waals surface area contributed by atoms with E-state index in [4.69, 9.17) is 13.9 Å². The van der Waals surface area contributed by atoms with Gasteiger partial charge in [-0.25, -0.2) is 10.5 Å². The van der Waals surface area contributed by atoms with E-state index in [0.717, 1.165) is 17.7 Å². The molecule has 32 heavy (non-hydrogen) atoms. The summed E-state index contributed by atoms with van der Waals surface area (Å²) in [6.45, 7) is 3.06. The minimum Gasteiger partial charge on any atom is -0.493 e. The molecule has 2 aromatic heterocycles. The second-order valence-corrected chi connectivity index (χ2v) is 8.06. The summed E-state index contributed by atoms with van der Waals surface area (Å²) in [5, 5.41) is 11.4. The smallest absolute Gasteiger partial charge is 0.240 e. The van der Waals surface area contributed by atoms with Crippen LogP contribution < -0.4 is 14.9 Å². The van der Waals surface area contributed by atoms with Crippen molar-refractivity contribution in [3.05, 3.63) is 46.9 Å². The van der Waals surface area contributed by atoms with E-state index in [1.165, 1.54) is 17.3 Å². The van der Waals surface area contributed by atoms with E-state index in [0.29, 0.717) is 41.5 Å². The van der Waals surface area contributed by atoms with Crippen LogP contribution in [0.5, 0.6) is 11.5 Å². The molecule has 0 atom stereocenters. The lowest BCUT2D eigenvalue weighted by atomic mass is 9.99. The molecule has 0 aliphatic carbocycles. The molecule has 168 valence electrons. The number of hydrogen-bond donors (Lipinski definition) is 2. The van der Waals surface area contributed by atoms with Crippen LogP contribution in [0.4, 0.5) is 5.95 Å². The van der Waals surface area contributed by atoms with Gasteiger partial charge in [0.25, 0.3) is 0 Å². The molecule has 0 saturated heterocycles. The van der Waals surface area contributed by atoms with Crippen molar-refractivity contribution < 1.29 is 18.7 Å². The molecule has 2 N–H and O–H groups in total. The van der Waals surface area contributed by atoms with Crippen molar-refractivity contribution in [3.63, 3.8) is 0 Å². The molecule has 0 radical (unpaired) electrons. The lowest BCUT2D eigenvalue weighted by Gasteiger charge is -2.29. The highest BCUT2D eigenvalue weighted by Gasteiger charge is 2.23. The number of aromatic nitrogens is 3. The van der Waals surface area contributed by atoms with E-state index in [9.17, 15) is 4.79 Å². The number of nitrogens with one attached hydrogen (secondary N) is 2. The second kappa shape index (κ2) is 9.77. The summed E-state index contributed by atoms with van der Waals surface area (Å²) in [4.78, 5) is 18.8. The van der Waals surface area contributed by atoms with Crippen LogP contribution in [0.3, 0.4) is 0 Å². The highest BCUT2D eigenvalue weighted by molar-refractivity contribution is 7.99. The fourth-order valence-corrected chi connectivity index (χ4v) is 4.06. The average Bonchev–Trinajstić information content (AvgIpc) is 3.44. The van der Waals surface area contributed by atoms with Crippen molar-refractivity contribution in [2.75, 3.05) is 31.9 Å². The maximum Gasteiger partial charge on any atom is 0.240 e. The summed E-state index contributed by atoms with van der Waals surface area (Å²) in [6.07, 6.45) is 2.32. The zero-order valence-electron chi connectivity index (χ0n) is 18.0. The summed E-state index contributed by atoms with van der Waals surface area (Å²) in [5.74, 6) is 3.47. The second-order valence-electron chi connectivity index (χ2n) is 7.11. The fraction of sp³-hybridized carbons (Fsp3) is 0.333. The predicted molar refractivity (Wildman–Crippen MR) is 120 cm³/mol. The number of anilines is 1. The third kappa shape index (κ3) is 5.05. The number of aryl methyl sites for hydroxylation is 1. The fourth-order valence-electron chi connectivity index (χ4n) is 3.35. The zero-order valence-corrected chi connectivity index (χ0v) is 18.9. The topological polar surface area (TPSA) is 118 Å². The third-order valence-electron chi connectivity index (χ3n) is 4.98. The van der Waals surface area contributed by atoms with E-state index >= 15 is 0 Å². The lowest BCUT2D eigenvalue weighted by molar-refractivity contribution is -0.129. The molecular formula is C21H24N6O4S. The number of carbonyl (C=O) groups excluding carboxylic acids is 1. The van der Waals surface area contributed by atoms with E-state index in [-0.39, 0.29) is 11.7 Å². The van der Waals surface area contributed by atoms with Gasteiger partial charge in [0.1, 0.15) is 11.5 Å². The number of furan rings is 1. The summed E-state index contributed by atoms with van der Waals surface area (Å²) in [7, 11) is 3.23. The van der Waals surface area contributed by atoms with E-state index in [2.05, 4.69) is 25.7 Å². The first-order chi connectivity index (χ1) is 15.6. The molecule has 11 heteroatoms. The Morgan fingerprint density at radius 2 is 2.09 bits per heavy atom. The van der Waals surface area contributed by atoms with Gasteiger partial charge in [-0.3, -0.25) is 4.79 Å². The maximum absolute atomic E-state index is 12.7. The molecule has 0 unspecified atom stereocenters. The minimum absolute atomic E-state index is 0.0287. The van der Waals surface area contributed by atoms with Gasteiger partial charge in [0.15, 0.2) is 11.5 Å². The molecule has 0 fully saturated rings. The molecule has 1 aliphatic heterocycles. The molecule has 1 aromatic carbocycles. The number of hydrogen-bond acceptors (Lipinski definition) is 9. The van der Waals surface area contributed by atoms with Crippen LogP contribution in [0.2, 0.25) is 0 Å². The highest BCUT2D eigenvalue weighted by Crippen LogP contribution is 2.33. The summed E-state index contributed by atoms with van der Waals surface area (Å²) in [5.41, 5.74) is 5.00. The molecule has 0 bridgehead atoms. The number of benzene rings is 1. The van der Waals surface area contributed by atoms with Crippen molar-refractivity contribution in [2.45, 2.75) is 25.0 Å². The van der Waals surface area contributed by atoms with Crippen LogP contribution in [-0.2, 0) is 17.8 Å². The molecule has 1 amide bonds. The number of thioether (sulfide) groups is 1. The Morgan fingerprint density at radius 3 is 2.81 bits per heavy atom. The number of nitrogens with zero attached hydrogens (tertiary/aromatic N) is 4. The quantitative estimate of drug-likeness (QED) is 0.302. The third-order valence-corrected chi connectivity index (χ3v) is 5.82. The Bertz CT molecular complexity index is 1130. The van der Waals surface area contributed by atoms with Gasteiger partial charge in [-0.15, -0.1) is 5.10 Å². The summed E-state index contributed by atoms with van der Waals surface area (Å²) in [6, 6.07) is 7.61. The van der Waals surface area contributed by atoms with Gasteiger partial charge in [-0.1, -0.05) is 11.8 Å². The Hall–Kier alpha value is -3.47. The average molecular weight is 457 g/mol. The van der Waals surface area contributed by atoms with Crippen molar-refractivity contribution in [2.24, 2.45) is 5.10 Å². The largest absolute Gasteiger partial charge is 0.493 e. The number of fused-ring (bicyclic) bond motifs is 1. The van der Waals surface area contributed by atoms with E-state index < -0.39 is 0 Å². The lowest BCUT2D eigenvalue weighted by Crippen LogP contribution is -2.37. The van der Waals surface area contributed by atoms with Crippen LogP contribution in [0.1, 0.15) is 22.6 Å². The molecule has 10 nitrogen and oxygen atoms in total. The number of ether oxygens (including phenoxy) is 2. The molecule has 3 heterocycles. The Morgan fingerprint density at radius 1 is 1.31 bits per heavy atom. The number of methoxy groups -OCH3 is 2. The number of rotatable bonds is 8. The number of carbonyl (C=O) groups is 1. The first-order valence-corrected chi connectivity index (χ1v) is 11.0. The van der Waals surface area contributed by atoms with E-state index in [1.807, 2.05) is 36.1 Å².